The van der Waals surface area contributed by atoms with Crippen molar-refractivity contribution < 1.29 is 4.74 Å². The first-order chi connectivity index (χ1) is 7.97. The third-order valence-corrected chi connectivity index (χ3v) is 3.83. The molecule has 0 unspecified atom stereocenters. The summed E-state index contributed by atoms with van der Waals surface area (Å²) in [6.45, 7) is 11.8. The first-order valence-electron chi connectivity index (χ1n) is 7.32. The molecule has 0 saturated heterocycles. The Kier molecular flexibility index (Phi) is 5.94. The quantitative estimate of drug-likeness (QED) is 0.764. The van der Waals surface area contributed by atoms with Gasteiger partial charge in [-0.15, -0.1) is 0 Å². The van der Waals surface area contributed by atoms with Crippen molar-refractivity contribution in [2.75, 3.05) is 19.7 Å². The molecule has 2 nitrogen and oxygen atoms in total. The summed E-state index contributed by atoms with van der Waals surface area (Å²) in [4.78, 5) is 0. The molecular weight excluding hydrogens is 210 g/mol. The van der Waals surface area contributed by atoms with Gasteiger partial charge in [-0.3, -0.25) is 0 Å². The van der Waals surface area contributed by atoms with Gasteiger partial charge in [-0.05, 0) is 52.0 Å². The van der Waals surface area contributed by atoms with Crippen LogP contribution in [-0.4, -0.2) is 25.3 Å². The van der Waals surface area contributed by atoms with Crippen molar-refractivity contribution in [3.63, 3.8) is 0 Å². The highest BCUT2D eigenvalue weighted by atomic mass is 16.5. The minimum absolute atomic E-state index is 0.00798. The zero-order valence-electron chi connectivity index (χ0n) is 12.3. The smallest absolute Gasteiger partial charge is 0.0598 e. The predicted molar refractivity (Wildman–Crippen MR) is 74.4 cm³/mol. The van der Waals surface area contributed by atoms with E-state index in [2.05, 4.69) is 33.0 Å². The summed E-state index contributed by atoms with van der Waals surface area (Å²) in [6.07, 6.45) is 8.22. The molecule has 0 aromatic heterocycles. The van der Waals surface area contributed by atoms with E-state index in [-0.39, 0.29) is 5.60 Å². The van der Waals surface area contributed by atoms with Gasteiger partial charge in [-0.2, -0.15) is 0 Å². The summed E-state index contributed by atoms with van der Waals surface area (Å²) in [5, 5.41) is 3.55. The average molecular weight is 241 g/mol. The maximum absolute atomic E-state index is 5.91. The Morgan fingerprint density at radius 3 is 2.29 bits per heavy atom. The average Bonchev–Trinajstić information content (AvgIpc) is 2.26. The van der Waals surface area contributed by atoms with Gasteiger partial charge >= 0.3 is 0 Å². The Labute approximate surface area is 108 Å². The fourth-order valence-electron chi connectivity index (χ4n) is 2.78. The van der Waals surface area contributed by atoms with Gasteiger partial charge in [0.05, 0.1) is 5.60 Å². The number of nitrogens with one attached hydrogen (secondary N) is 1. The molecule has 0 amide bonds. The first-order valence-corrected chi connectivity index (χ1v) is 7.32. The van der Waals surface area contributed by atoms with Crippen LogP contribution in [0.15, 0.2) is 0 Å². The summed E-state index contributed by atoms with van der Waals surface area (Å²) in [5.41, 5.74) is 0.521. The van der Waals surface area contributed by atoms with Gasteiger partial charge in [0, 0.05) is 13.2 Å². The van der Waals surface area contributed by atoms with Crippen molar-refractivity contribution >= 4 is 0 Å². The Morgan fingerprint density at radius 2 is 1.76 bits per heavy atom. The monoisotopic (exact) mass is 241 g/mol. The van der Waals surface area contributed by atoms with Crippen molar-refractivity contribution in [2.45, 2.75) is 71.8 Å². The summed E-state index contributed by atoms with van der Waals surface area (Å²) < 4.78 is 5.91. The lowest BCUT2D eigenvalue weighted by Gasteiger charge is -2.38. The van der Waals surface area contributed by atoms with Crippen molar-refractivity contribution in [3.8, 4) is 0 Å². The summed E-state index contributed by atoms with van der Waals surface area (Å²) in [7, 11) is 0. The molecule has 0 atom stereocenters. The Balaban J connectivity index is 2.40. The maximum Gasteiger partial charge on any atom is 0.0598 e. The Hall–Kier alpha value is -0.0800. The van der Waals surface area contributed by atoms with Gasteiger partial charge < -0.3 is 10.1 Å². The summed E-state index contributed by atoms with van der Waals surface area (Å²) in [6, 6.07) is 0. The van der Waals surface area contributed by atoms with Crippen LogP contribution in [0.1, 0.15) is 66.2 Å². The van der Waals surface area contributed by atoms with E-state index in [1.807, 2.05) is 0 Å². The molecule has 0 radical (unpaired) electrons. The van der Waals surface area contributed by atoms with Gasteiger partial charge in [0.1, 0.15) is 0 Å². The van der Waals surface area contributed by atoms with Gasteiger partial charge in [0.2, 0.25) is 0 Å². The number of rotatable bonds is 6. The van der Waals surface area contributed by atoms with E-state index in [0.29, 0.717) is 5.41 Å². The maximum atomic E-state index is 5.91. The molecule has 1 aliphatic rings. The van der Waals surface area contributed by atoms with Crippen LogP contribution >= 0.6 is 0 Å². The second kappa shape index (κ2) is 6.75. The van der Waals surface area contributed by atoms with E-state index in [0.717, 1.165) is 13.2 Å². The molecule has 0 aromatic carbocycles. The molecule has 1 fully saturated rings. The summed E-state index contributed by atoms with van der Waals surface area (Å²) in [5.74, 6) is 0. The molecule has 2 heteroatoms. The molecule has 0 heterocycles. The van der Waals surface area contributed by atoms with E-state index >= 15 is 0 Å². The van der Waals surface area contributed by atoms with Crippen molar-refractivity contribution in [2.24, 2.45) is 5.41 Å². The molecule has 0 spiro atoms. The van der Waals surface area contributed by atoms with Crippen LogP contribution in [0.4, 0.5) is 0 Å². The van der Waals surface area contributed by atoms with E-state index in [9.17, 15) is 0 Å². The van der Waals surface area contributed by atoms with Gasteiger partial charge in [0.25, 0.3) is 0 Å². The van der Waals surface area contributed by atoms with Crippen LogP contribution in [0.5, 0.6) is 0 Å². The molecule has 1 saturated carbocycles. The van der Waals surface area contributed by atoms with Crippen LogP contribution in [-0.2, 0) is 4.74 Å². The lowest BCUT2D eigenvalue weighted by molar-refractivity contribution is -0.0236. The second-order valence-corrected chi connectivity index (χ2v) is 6.55. The fraction of sp³-hybridized carbons (Fsp3) is 1.00. The van der Waals surface area contributed by atoms with Crippen LogP contribution in [0.2, 0.25) is 0 Å². The van der Waals surface area contributed by atoms with E-state index in [1.54, 1.807) is 0 Å². The summed E-state index contributed by atoms with van der Waals surface area (Å²) >= 11 is 0. The highest BCUT2D eigenvalue weighted by Gasteiger charge is 2.31. The molecule has 17 heavy (non-hydrogen) atoms. The van der Waals surface area contributed by atoms with Crippen molar-refractivity contribution in [3.05, 3.63) is 0 Å². The number of hydrogen-bond donors (Lipinski definition) is 1. The molecule has 0 bridgehead atoms. The van der Waals surface area contributed by atoms with Crippen LogP contribution in [0.3, 0.4) is 0 Å². The van der Waals surface area contributed by atoms with Gasteiger partial charge in [-0.25, -0.2) is 0 Å². The molecule has 1 aliphatic carbocycles. The van der Waals surface area contributed by atoms with Gasteiger partial charge in [-0.1, -0.05) is 26.2 Å². The zero-order valence-corrected chi connectivity index (χ0v) is 12.3. The largest absolute Gasteiger partial charge is 0.376 e. The predicted octanol–water partition coefficient (Wildman–Crippen LogP) is 3.75. The minimum atomic E-state index is 0.00798. The molecule has 102 valence electrons. The number of ether oxygens (including phenoxy) is 1. The SMILES string of the molecule is CCNCC1(CCOC(C)(C)C)CCCCC1. The normalized spacial score (nSPS) is 20.5. The Bertz CT molecular complexity index is 201. The first kappa shape index (κ1) is 15.0. The van der Waals surface area contributed by atoms with Crippen LogP contribution in [0.25, 0.3) is 0 Å². The van der Waals surface area contributed by atoms with E-state index < -0.39 is 0 Å². The standard InChI is InChI=1S/C15H31NO/c1-5-16-13-15(9-7-6-8-10-15)11-12-17-14(2,3)4/h16H,5-13H2,1-4H3. The fourth-order valence-corrected chi connectivity index (χ4v) is 2.78. The van der Waals surface area contributed by atoms with E-state index in [1.165, 1.54) is 45.1 Å². The third kappa shape index (κ3) is 5.87. The van der Waals surface area contributed by atoms with E-state index in [4.69, 9.17) is 4.74 Å². The molecule has 0 aliphatic heterocycles. The molecular formula is C15H31NO. The highest BCUT2D eigenvalue weighted by molar-refractivity contribution is 4.85. The lowest BCUT2D eigenvalue weighted by atomic mass is 9.72. The van der Waals surface area contributed by atoms with Crippen molar-refractivity contribution in [1.82, 2.24) is 5.32 Å². The highest BCUT2D eigenvalue weighted by Crippen LogP contribution is 2.39. The Morgan fingerprint density at radius 1 is 1.12 bits per heavy atom. The lowest BCUT2D eigenvalue weighted by Crippen LogP contribution is -2.37. The molecule has 1 N–H and O–H groups in total. The molecule has 1 rings (SSSR count). The zero-order chi connectivity index (χ0) is 12.8. The topological polar surface area (TPSA) is 21.3 Å². The minimum Gasteiger partial charge on any atom is -0.376 e. The second-order valence-electron chi connectivity index (χ2n) is 6.55. The number of hydrogen-bond acceptors (Lipinski definition) is 2. The van der Waals surface area contributed by atoms with Crippen LogP contribution in [0, 0.1) is 5.41 Å². The third-order valence-electron chi connectivity index (χ3n) is 3.83. The van der Waals surface area contributed by atoms with Crippen LogP contribution < -0.4 is 5.32 Å². The molecule has 0 aromatic rings. The van der Waals surface area contributed by atoms with Crippen molar-refractivity contribution in [1.29, 1.82) is 0 Å². The van der Waals surface area contributed by atoms with Gasteiger partial charge in [0.15, 0.2) is 0 Å².